The van der Waals surface area contributed by atoms with E-state index >= 15 is 0 Å². The van der Waals surface area contributed by atoms with Crippen LogP contribution in [0.4, 0.5) is 0 Å². The quantitative estimate of drug-likeness (QED) is 0.281. The van der Waals surface area contributed by atoms with Crippen molar-refractivity contribution >= 4 is 38.5 Å². The third-order valence-corrected chi connectivity index (χ3v) is 5.61. The fourth-order valence-corrected chi connectivity index (χ4v) is 4.02. The molecular formula is C26H23N3O. The molecule has 4 nitrogen and oxygen atoms in total. The van der Waals surface area contributed by atoms with Crippen molar-refractivity contribution in [2.75, 3.05) is 6.54 Å². The number of carbonyl (C=O) groups excluding carboxylic acids is 1. The fraction of sp³-hybridized carbons (Fsp3) is 0.154. The van der Waals surface area contributed by atoms with Crippen LogP contribution in [0, 0.1) is 0 Å². The van der Waals surface area contributed by atoms with Crippen LogP contribution >= 0.6 is 0 Å². The molecule has 1 heterocycles. The molecule has 0 spiro atoms. The predicted octanol–water partition coefficient (Wildman–Crippen LogP) is 6.07. The maximum atomic E-state index is 12.3. The summed E-state index contributed by atoms with van der Waals surface area (Å²) in [4.78, 5) is 20.7. The normalized spacial score (nSPS) is 11.4. The number of nitrogens with one attached hydrogen (secondary N) is 2. The zero-order valence-corrected chi connectivity index (χ0v) is 16.9. The van der Waals surface area contributed by atoms with Crippen LogP contribution in [-0.2, 0) is 0 Å². The second-order valence-corrected chi connectivity index (χ2v) is 7.59. The van der Waals surface area contributed by atoms with Crippen LogP contribution in [0.25, 0.3) is 44.0 Å². The van der Waals surface area contributed by atoms with Gasteiger partial charge in [0, 0.05) is 28.4 Å². The summed E-state index contributed by atoms with van der Waals surface area (Å²) in [6.07, 6.45) is 2.05. The van der Waals surface area contributed by atoms with Crippen molar-refractivity contribution in [2.24, 2.45) is 0 Å². The number of benzene rings is 4. The Hall–Kier alpha value is -3.66. The molecule has 148 valence electrons. The molecule has 0 aliphatic rings. The molecule has 4 aromatic carbocycles. The minimum absolute atomic E-state index is 0.0309. The van der Waals surface area contributed by atoms with Crippen LogP contribution in [0.15, 0.2) is 72.8 Å². The SMILES string of the molecule is CCCCNC(=O)c1ccc(-c2nc3c4ccccc4c4ccccc4c3[nH]2)cc1. The third-order valence-electron chi connectivity index (χ3n) is 5.61. The van der Waals surface area contributed by atoms with Gasteiger partial charge in [0.25, 0.3) is 5.91 Å². The standard InChI is InChI=1S/C26H23N3O/c1-2-3-16-27-26(30)18-14-12-17(13-15-18)25-28-23-21-10-6-4-8-19(21)20-9-5-7-11-22(20)24(23)29-25/h4-15H,2-3,16H2,1H3,(H,27,30)(H,28,29). The second-order valence-electron chi connectivity index (χ2n) is 7.59. The molecule has 4 heteroatoms. The topological polar surface area (TPSA) is 57.8 Å². The molecular weight excluding hydrogens is 370 g/mol. The molecule has 1 aromatic heterocycles. The Labute approximate surface area is 174 Å². The van der Waals surface area contributed by atoms with Gasteiger partial charge in [-0.2, -0.15) is 0 Å². The highest BCUT2D eigenvalue weighted by molar-refractivity contribution is 6.23. The van der Waals surface area contributed by atoms with Gasteiger partial charge in [0.2, 0.25) is 0 Å². The molecule has 0 saturated heterocycles. The average molecular weight is 393 g/mol. The summed E-state index contributed by atoms with van der Waals surface area (Å²) in [6, 6.07) is 24.4. The summed E-state index contributed by atoms with van der Waals surface area (Å²) < 4.78 is 0. The summed E-state index contributed by atoms with van der Waals surface area (Å²) in [5.41, 5.74) is 3.65. The van der Waals surface area contributed by atoms with Gasteiger partial charge < -0.3 is 10.3 Å². The number of hydrogen-bond acceptors (Lipinski definition) is 2. The smallest absolute Gasteiger partial charge is 0.251 e. The number of aromatic amines is 1. The Morgan fingerprint density at radius 3 is 2.20 bits per heavy atom. The Bertz CT molecular complexity index is 1290. The van der Waals surface area contributed by atoms with Gasteiger partial charge in [-0.05, 0) is 29.3 Å². The van der Waals surface area contributed by atoms with E-state index in [1.165, 1.54) is 10.8 Å². The van der Waals surface area contributed by atoms with E-state index in [0.717, 1.165) is 46.0 Å². The highest BCUT2D eigenvalue weighted by Gasteiger charge is 2.14. The molecule has 0 aliphatic carbocycles. The Morgan fingerprint density at radius 2 is 1.50 bits per heavy atom. The Balaban J connectivity index is 1.58. The van der Waals surface area contributed by atoms with E-state index in [1.807, 2.05) is 24.3 Å². The van der Waals surface area contributed by atoms with Crippen LogP contribution in [0.1, 0.15) is 30.1 Å². The van der Waals surface area contributed by atoms with Gasteiger partial charge in [-0.15, -0.1) is 0 Å². The summed E-state index contributed by atoms with van der Waals surface area (Å²) in [5.74, 6) is 0.779. The third kappa shape index (κ3) is 3.11. The van der Waals surface area contributed by atoms with Gasteiger partial charge >= 0.3 is 0 Å². The summed E-state index contributed by atoms with van der Waals surface area (Å²) in [5, 5.41) is 7.69. The molecule has 0 aliphatic heterocycles. The number of carbonyl (C=O) groups is 1. The molecule has 0 bridgehead atoms. The molecule has 1 amide bonds. The van der Waals surface area contributed by atoms with Crippen molar-refractivity contribution in [3.8, 4) is 11.4 Å². The zero-order chi connectivity index (χ0) is 20.5. The van der Waals surface area contributed by atoms with E-state index in [0.29, 0.717) is 12.1 Å². The number of hydrogen-bond donors (Lipinski definition) is 2. The minimum atomic E-state index is -0.0309. The lowest BCUT2D eigenvalue weighted by Gasteiger charge is -2.05. The first-order valence-corrected chi connectivity index (χ1v) is 10.4. The fourth-order valence-electron chi connectivity index (χ4n) is 4.02. The molecule has 0 radical (unpaired) electrons. The molecule has 2 N–H and O–H groups in total. The first kappa shape index (κ1) is 18.4. The highest BCUT2D eigenvalue weighted by Crippen LogP contribution is 2.35. The molecule has 5 rings (SSSR count). The number of rotatable bonds is 5. The van der Waals surface area contributed by atoms with E-state index in [9.17, 15) is 4.79 Å². The lowest BCUT2D eigenvalue weighted by atomic mass is 10.0. The maximum Gasteiger partial charge on any atom is 0.251 e. The number of H-pyrrole nitrogens is 1. The Morgan fingerprint density at radius 1 is 0.867 bits per heavy atom. The maximum absolute atomic E-state index is 12.3. The van der Waals surface area contributed by atoms with Gasteiger partial charge in [-0.1, -0.05) is 74.0 Å². The van der Waals surface area contributed by atoms with E-state index in [2.05, 4.69) is 65.8 Å². The number of aromatic nitrogens is 2. The molecule has 30 heavy (non-hydrogen) atoms. The highest BCUT2D eigenvalue weighted by atomic mass is 16.1. The predicted molar refractivity (Wildman–Crippen MR) is 124 cm³/mol. The van der Waals surface area contributed by atoms with Gasteiger partial charge in [-0.25, -0.2) is 4.98 Å². The molecule has 0 atom stereocenters. The number of nitrogens with zero attached hydrogens (tertiary/aromatic N) is 1. The number of unbranched alkanes of at least 4 members (excludes halogenated alkanes) is 1. The van der Waals surface area contributed by atoms with Crippen LogP contribution in [0.5, 0.6) is 0 Å². The molecule has 5 aromatic rings. The van der Waals surface area contributed by atoms with Crippen molar-refractivity contribution in [2.45, 2.75) is 19.8 Å². The molecule has 0 saturated carbocycles. The van der Waals surface area contributed by atoms with E-state index in [4.69, 9.17) is 4.98 Å². The van der Waals surface area contributed by atoms with Crippen LogP contribution < -0.4 is 5.32 Å². The van der Waals surface area contributed by atoms with Crippen LogP contribution in [0.2, 0.25) is 0 Å². The van der Waals surface area contributed by atoms with Crippen molar-refractivity contribution in [1.29, 1.82) is 0 Å². The van der Waals surface area contributed by atoms with Crippen molar-refractivity contribution in [3.63, 3.8) is 0 Å². The minimum Gasteiger partial charge on any atom is -0.352 e. The monoisotopic (exact) mass is 393 g/mol. The van der Waals surface area contributed by atoms with Gasteiger partial charge in [-0.3, -0.25) is 4.79 Å². The molecule has 0 fully saturated rings. The van der Waals surface area contributed by atoms with Crippen molar-refractivity contribution in [3.05, 3.63) is 78.4 Å². The van der Waals surface area contributed by atoms with Gasteiger partial charge in [0.05, 0.1) is 11.0 Å². The number of amides is 1. The summed E-state index contributed by atoms with van der Waals surface area (Å²) in [6.45, 7) is 2.82. The number of fused-ring (bicyclic) bond motifs is 6. The first-order valence-electron chi connectivity index (χ1n) is 10.4. The lowest BCUT2D eigenvalue weighted by Crippen LogP contribution is -2.24. The largest absolute Gasteiger partial charge is 0.352 e. The van der Waals surface area contributed by atoms with Crippen molar-refractivity contribution in [1.82, 2.24) is 15.3 Å². The van der Waals surface area contributed by atoms with E-state index in [1.54, 1.807) is 0 Å². The summed E-state index contributed by atoms with van der Waals surface area (Å²) in [7, 11) is 0. The number of imidazole rings is 1. The van der Waals surface area contributed by atoms with Gasteiger partial charge in [0.15, 0.2) is 0 Å². The lowest BCUT2D eigenvalue weighted by molar-refractivity contribution is 0.0953. The first-order chi connectivity index (χ1) is 14.8. The van der Waals surface area contributed by atoms with Crippen LogP contribution in [0.3, 0.4) is 0 Å². The Kier molecular flexibility index (Phi) is 4.68. The zero-order valence-electron chi connectivity index (χ0n) is 16.9. The second kappa shape index (κ2) is 7.64. The average Bonchev–Trinajstić information content (AvgIpc) is 3.25. The molecule has 0 unspecified atom stereocenters. The van der Waals surface area contributed by atoms with Gasteiger partial charge in [0.1, 0.15) is 5.82 Å². The van der Waals surface area contributed by atoms with E-state index in [-0.39, 0.29) is 5.91 Å². The van der Waals surface area contributed by atoms with E-state index < -0.39 is 0 Å². The van der Waals surface area contributed by atoms with Crippen molar-refractivity contribution < 1.29 is 4.79 Å². The van der Waals surface area contributed by atoms with Crippen LogP contribution in [-0.4, -0.2) is 22.4 Å². The summed E-state index contributed by atoms with van der Waals surface area (Å²) >= 11 is 0.